The van der Waals surface area contributed by atoms with E-state index >= 15 is 0 Å². The van der Waals surface area contributed by atoms with Crippen LogP contribution in [0.5, 0.6) is 0 Å². The Kier molecular flexibility index (Phi) is 4.63. The van der Waals surface area contributed by atoms with E-state index in [0.29, 0.717) is 0 Å². The number of benzene rings is 1. The van der Waals surface area contributed by atoms with Gasteiger partial charge >= 0.3 is 0 Å². The van der Waals surface area contributed by atoms with Crippen molar-refractivity contribution in [3.05, 3.63) is 65.2 Å². The van der Waals surface area contributed by atoms with E-state index in [1.54, 1.807) is 0 Å². The lowest BCUT2D eigenvalue weighted by molar-refractivity contribution is 0.494. The molecule has 2 heterocycles. The van der Waals surface area contributed by atoms with E-state index in [4.69, 9.17) is 4.42 Å². The third-order valence-electron chi connectivity index (χ3n) is 4.23. The van der Waals surface area contributed by atoms with Crippen molar-refractivity contribution in [2.45, 2.75) is 26.8 Å². The van der Waals surface area contributed by atoms with Gasteiger partial charge in [0.15, 0.2) is 0 Å². The number of hydrogen-bond donors (Lipinski definition) is 1. The average molecular weight is 309 g/mol. The zero-order chi connectivity index (χ0) is 16.2. The SMILES string of the molecule is Cc1nn(C)c(C)c1CCNCc1ccc(-c2ccccc2)o1. The van der Waals surface area contributed by atoms with Crippen LogP contribution in [-0.4, -0.2) is 16.3 Å². The molecule has 23 heavy (non-hydrogen) atoms. The molecule has 0 radical (unpaired) electrons. The molecule has 3 aromatic rings. The van der Waals surface area contributed by atoms with Crippen LogP contribution in [0, 0.1) is 13.8 Å². The summed E-state index contributed by atoms with van der Waals surface area (Å²) in [5.74, 6) is 1.88. The van der Waals surface area contributed by atoms with E-state index in [0.717, 1.165) is 42.3 Å². The van der Waals surface area contributed by atoms with Gasteiger partial charge in [0.1, 0.15) is 11.5 Å². The van der Waals surface area contributed by atoms with Gasteiger partial charge in [0.2, 0.25) is 0 Å². The first-order chi connectivity index (χ1) is 11.1. The summed E-state index contributed by atoms with van der Waals surface area (Å²) in [5.41, 5.74) is 4.81. The third kappa shape index (κ3) is 3.54. The molecule has 0 atom stereocenters. The lowest BCUT2D eigenvalue weighted by Gasteiger charge is -2.04. The van der Waals surface area contributed by atoms with E-state index < -0.39 is 0 Å². The second-order valence-electron chi connectivity index (χ2n) is 5.83. The van der Waals surface area contributed by atoms with Gasteiger partial charge in [-0.3, -0.25) is 4.68 Å². The van der Waals surface area contributed by atoms with E-state index in [2.05, 4.69) is 36.4 Å². The highest BCUT2D eigenvalue weighted by atomic mass is 16.3. The minimum Gasteiger partial charge on any atom is -0.460 e. The fraction of sp³-hybridized carbons (Fsp3) is 0.316. The summed E-state index contributed by atoms with van der Waals surface area (Å²) >= 11 is 0. The van der Waals surface area contributed by atoms with Crippen LogP contribution < -0.4 is 5.32 Å². The summed E-state index contributed by atoms with van der Waals surface area (Å²) in [4.78, 5) is 0. The highest BCUT2D eigenvalue weighted by Gasteiger charge is 2.09. The van der Waals surface area contributed by atoms with Crippen molar-refractivity contribution in [2.24, 2.45) is 7.05 Å². The van der Waals surface area contributed by atoms with Crippen LogP contribution in [0.2, 0.25) is 0 Å². The molecule has 0 spiro atoms. The maximum Gasteiger partial charge on any atom is 0.134 e. The minimum atomic E-state index is 0.741. The van der Waals surface area contributed by atoms with Crippen molar-refractivity contribution in [2.75, 3.05) is 6.54 Å². The molecule has 0 aliphatic rings. The molecular weight excluding hydrogens is 286 g/mol. The molecule has 4 heteroatoms. The lowest BCUT2D eigenvalue weighted by atomic mass is 10.1. The number of aryl methyl sites for hydroxylation is 2. The Bertz CT molecular complexity index is 771. The van der Waals surface area contributed by atoms with Crippen molar-refractivity contribution < 1.29 is 4.42 Å². The molecule has 0 aliphatic heterocycles. The average Bonchev–Trinajstić information content (AvgIpc) is 3.12. The standard InChI is InChI=1S/C19H23N3O/c1-14-18(15(2)22(3)21-14)11-12-20-13-17-9-10-19(23-17)16-7-5-4-6-8-16/h4-10,20H,11-13H2,1-3H3. The fourth-order valence-electron chi connectivity index (χ4n) is 2.83. The zero-order valence-electron chi connectivity index (χ0n) is 14.0. The quantitative estimate of drug-likeness (QED) is 0.707. The van der Waals surface area contributed by atoms with Crippen LogP contribution in [0.15, 0.2) is 46.9 Å². The van der Waals surface area contributed by atoms with Crippen molar-refractivity contribution >= 4 is 0 Å². The lowest BCUT2D eigenvalue weighted by Crippen LogP contribution is -2.16. The van der Waals surface area contributed by atoms with Gasteiger partial charge < -0.3 is 9.73 Å². The predicted octanol–water partition coefficient (Wildman–Crippen LogP) is 3.63. The first-order valence-electron chi connectivity index (χ1n) is 7.99. The molecule has 0 amide bonds. The topological polar surface area (TPSA) is 43.0 Å². The van der Waals surface area contributed by atoms with Crippen LogP contribution in [0.4, 0.5) is 0 Å². The van der Waals surface area contributed by atoms with Crippen LogP contribution in [0.25, 0.3) is 11.3 Å². The van der Waals surface area contributed by atoms with Gasteiger partial charge in [-0.25, -0.2) is 0 Å². The molecular formula is C19H23N3O. The van der Waals surface area contributed by atoms with Gasteiger partial charge in [-0.1, -0.05) is 30.3 Å². The number of furan rings is 1. The van der Waals surface area contributed by atoms with Gasteiger partial charge in [0.25, 0.3) is 0 Å². The number of nitrogens with one attached hydrogen (secondary N) is 1. The normalized spacial score (nSPS) is 11.1. The Hall–Kier alpha value is -2.33. The second-order valence-corrected chi connectivity index (χ2v) is 5.83. The summed E-state index contributed by atoms with van der Waals surface area (Å²) < 4.78 is 7.84. The summed E-state index contributed by atoms with van der Waals surface area (Å²) in [6.07, 6.45) is 0.984. The molecule has 0 saturated heterocycles. The van der Waals surface area contributed by atoms with E-state index in [-0.39, 0.29) is 0 Å². The third-order valence-corrected chi connectivity index (χ3v) is 4.23. The second kappa shape index (κ2) is 6.84. The number of hydrogen-bond acceptors (Lipinski definition) is 3. The van der Waals surface area contributed by atoms with Crippen LogP contribution in [0.3, 0.4) is 0 Å². The molecule has 0 saturated carbocycles. The van der Waals surface area contributed by atoms with Crippen molar-refractivity contribution in [1.82, 2.24) is 15.1 Å². The Morgan fingerprint density at radius 3 is 2.57 bits per heavy atom. The highest BCUT2D eigenvalue weighted by Crippen LogP contribution is 2.21. The van der Waals surface area contributed by atoms with Gasteiger partial charge in [-0.2, -0.15) is 5.10 Å². The molecule has 120 valence electrons. The summed E-state index contributed by atoms with van der Waals surface area (Å²) in [6.45, 7) is 5.84. The minimum absolute atomic E-state index is 0.741. The molecule has 0 fully saturated rings. The molecule has 3 rings (SSSR count). The first kappa shape index (κ1) is 15.6. The molecule has 0 bridgehead atoms. The summed E-state index contributed by atoms with van der Waals surface area (Å²) in [7, 11) is 1.99. The number of nitrogens with zero attached hydrogens (tertiary/aromatic N) is 2. The smallest absolute Gasteiger partial charge is 0.134 e. The van der Waals surface area contributed by atoms with Crippen molar-refractivity contribution in [3.63, 3.8) is 0 Å². The van der Waals surface area contributed by atoms with Crippen LogP contribution >= 0.6 is 0 Å². The fourth-order valence-corrected chi connectivity index (χ4v) is 2.83. The molecule has 1 N–H and O–H groups in total. The van der Waals surface area contributed by atoms with Gasteiger partial charge in [-0.05, 0) is 44.5 Å². The van der Waals surface area contributed by atoms with Crippen molar-refractivity contribution in [1.29, 1.82) is 0 Å². The molecule has 0 unspecified atom stereocenters. The Labute approximate surface area is 137 Å². The maximum atomic E-state index is 5.89. The van der Waals surface area contributed by atoms with E-state index in [1.807, 2.05) is 42.1 Å². The van der Waals surface area contributed by atoms with Gasteiger partial charge in [-0.15, -0.1) is 0 Å². The molecule has 4 nitrogen and oxygen atoms in total. The Morgan fingerprint density at radius 2 is 1.87 bits per heavy atom. The molecule has 2 aromatic heterocycles. The van der Waals surface area contributed by atoms with E-state index in [9.17, 15) is 0 Å². The maximum absolute atomic E-state index is 5.89. The number of aromatic nitrogens is 2. The first-order valence-corrected chi connectivity index (χ1v) is 7.99. The predicted molar refractivity (Wildman–Crippen MR) is 92.2 cm³/mol. The van der Waals surface area contributed by atoms with Crippen LogP contribution in [-0.2, 0) is 20.0 Å². The number of rotatable bonds is 6. The van der Waals surface area contributed by atoms with Crippen LogP contribution in [0.1, 0.15) is 22.7 Å². The Balaban J connectivity index is 1.53. The summed E-state index contributed by atoms with van der Waals surface area (Å²) in [5, 5.41) is 7.90. The summed E-state index contributed by atoms with van der Waals surface area (Å²) in [6, 6.07) is 14.2. The monoisotopic (exact) mass is 309 g/mol. The highest BCUT2D eigenvalue weighted by molar-refractivity contribution is 5.57. The van der Waals surface area contributed by atoms with E-state index in [1.165, 1.54) is 11.3 Å². The zero-order valence-corrected chi connectivity index (χ0v) is 14.0. The molecule has 1 aromatic carbocycles. The van der Waals surface area contributed by atoms with Gasteiger partial charge in [0, 0.05) is 18.3 Å². The Morgan fingerprint density at radius 1 is 1.09 bits per heavy atom. The van der Waals surface area contributed by atoms with Crippen molar-refractivity contribution in [3.8, 4) is 11.3 Å². The molecule has 0 aliphatic carbocycles. The van der Waals surface area contributed by atoms with Gasteiger partial charge in [0.05, 0.1) is 12.2 Å². The largest absolute Gasteiger partial charge is 0.460 e.